The molecule has 0 saturated carbocycles. The van der Waals surface area contributed by atoms with Gasteiger partial charge in [0.1, 0.15) is 0 Å². The van der Waals surface area contributed by atoms with Crippen molar-refractivity contribution in [2.45, 2.75) is 11.7 Å². The number of methoxy groups -OCH3 is 1. The topological polar surface area (TPSA) is 80.1 Å². The molecule has 1 aromatic carbocycles. The molecular formula is C13H14N3O3S-. The highest BCUT2D eigenvalue weighted by Crippen LogP contribution is 2.23. The molecule has 106 valence electrons. The Balaban J connectivity index is 2.29. The number of carbonyl (C=O) groups is 1. The molecule has 1 heterocycles. The van der Waals surface area contributed by atoms with Gasteiger partial charge < -0.3 is 14.6 Å². The average Bonchev–Trinajstić information content (AvgIpc) is 2.86. The van der Waals surface area contributed by atoms with Crippen molar-refractivity contribution >= 4 is 17.7 Å². The number of ether oxygens (including phenoxy) is 1. The van der Waals surface area contributed by atoms with Gasteiger partial charge in [-0.1, -0.05) is 42.1 Å². The third-order valence-corrected chi connectivity index (χ3v) is 3.53. The summed E-state index contributed by atoms with van der Waals surface area (Å²) in [6, 6.07) is 9.61. The maximum absolute atomic E-state index is 10.6. The number of hydrogen-bond acceptors (Lipinski definition) is 6. The van der Waals surface area contributed by atoms with Crippen LogP contribution in [0.25, 0.3) is 11.4 Å². The van der Waals surface area contributed by atoms with E-state index in [4.69, 9.17) is 4.74 Å². The minimum atomic E-state index is -1.13. The van der Waals surface area contributed by atoms with Crippen LogP contribution in [0.2, 0.25) is 0 Å². The lowest BCUT2D eigenvalue weighted by molar-refractivity contribution is -0.301. The molecule has 0 bridgehead atoms. The van der Waals surface area contributed by atoms with Crippen molar-refractivity contribution in [2.24, 2.45) is 0 Å². The highest BCUT2D eigenvalue weighted by Gasteiger charge is 2.13. The lowest BCUT2D eigenvalue weighted by atomic mass is 10.2. The lowest BCUT2D eigenvalue weighted by Crippen LogP contribution is -2.24. The number of carboxylic acid groups (broad SMARTS) is 1. The zero-order valence-corrected chi connectivity index (χ0v) is 11.8. The zero-order valence-electron chi connectivity index (χ0n) is 11.0. The molecule has 0 N–H and O–H groups in total. The molecule has 7 heteroatoms. The van der Waals surface area contributed by atoms with E-state index in [0.717, 1.165) is 17.3 Å². The van der Waals surface area contributed by atoms with E-state index in [9.17, 15) is 9.90 Å². The number of carboxylic acids is 1. The number of hydrogen-bond donors (Lipinski definition) is 0. The Morgan fingerprint density at radius 2 is 2.10 bits per heavy atom. The Kier molecular flexibility index (Phi) is 5.14. The Bertz CT molecular complexity index is 571. The second-order valence-corrected chi connectivity index (χ2v) is 4.92. The first kappa shape index (κ1) is 14.5. The number of rotatable bonds is 7. The first-order chi connectivity index (χ1) is 9.72. The summed E-state index contributed by atoms with van der Waals surface area (Å²) in [7, 11) is 1.61. The zero-order chi connectivity index (χ0) is 14.4. The average molecular weight is 292 g/mol. The van der Waals surface area contributed by atoms with Crippen LogP contribution < -0.4 is 5.11 Å². The molecule has 0 amide bonds. The summed E-state index contributed by atoms with van der Waals surface area (Å²) in [4.78, 5) is 10.6. The number of aromatic nitrogens is 3. The summed E-state index contributed by atoms with van der Waals surface area (Å²) in [6.45, 7) is 1.06. The van der Waals surface area contributed by atoms with Gasteiger partial charge in [-0.15, -0.1) is 10.2 Å². The highest BCUT2D eigenvalue weighted by atomic mass is 32.2. The second-order valence-electron chi connectivity index (χ2n) is 3.98. The van der Waals surface area contributed by atoms with Gasteiger partial charge >= 0.3 is 0 Å². The van der Waals surface area contributed by atoms with Gasteiger partial charge in [0.25, 0.3) is 0 Å². The predicted molar refractivity (Wildman–Crippen MR) is 73.1 cm³/mol. The van der Waals surface area contributed by atoms with Gasteiger partial charge in [0, 0.05) is 18.4 Å². The van der Waals surface area contributed by atoms with Gasteiger partial charge in [0.05, 0.1) is 19.1 Å². The fourth-order valence-corrected chi connectivity index (χ4v) is 2.38. The normalized spacial score (nSPS) is 10.7. The molecule has 0 spiro atoms. The molecule has 0 radical (unpaired) electrons. The van der Waals surface area contributed by atoms with Crippen molar-refractivity contribution < 1.29 is 14.6 Å². The van der Waals surface area contributed by atoms with Gasteiger partial charge in [-0.2, -0.15) is 0 Å². The number of carbonyl (C=O) groups excluding carboxylic acids is 1. The summed E-state index contributed by atoms with van der Waals surface area (Å²) in [6.07, 6.45) is 0. The number of nitrogens with zero attached hydrogens (tertiary/aromatic N) is 3. The fraction of sp³-hybridized carbons (Fsp3) is 0.308. The summed E-state index contributed by atoms with van der Waals surface area (Å²) < 4.78 is 6.93. The standard InChI is InChI=1S/C13H15N3O3S/c1-19-8-7-16-12(10-5-3-2-4-6-10)14-15-13(16)20-9-11(17)18/h2-6H,7-9H2,1H3,(H,17,18)/p-1. The van der Waals surface area contributed by atoms with E-state index in [1.807, 2.05) is 34.9 Å². The van der Waals surface area contributed by atoms with Crippen molar-refractivity contribution in [3.8, 4) is 11.4 Å². The lowest BCUT2D eigenvalue weighted by Gasteiger charge is -2.09. The van der Waals surface area contributed by atoms with Gasteiger partial charge in [-0.05, 0) is 0 Å². The number of thioether (sulfide) groups is 1. The molecule has 2 aromatic rings. The van der Waals surface area contributed by atoms with Crippen molar-refractivity contribution in [2.75, 3.05) is 19.5 Å². The molecule has 0 saturated heterocycles. The molecule has 0 aliphatic rings. The van der Waals surface area contributed by atoms with E-state index in [0.29, 0.717) is 24.1 Å². The van der Waals surface area contributed by atoms with Gasteiger partial charge in [-0.3, -0.25) is 4.57 Å². The van der Waals surface area contributed by atoms with Crippen LogP contribution in [0.15, 0.2) is 35.5 Å². The van der Waals surface area contributed by atoms with Crippen LogP contribution in [-0.2, 0) is 16.1 Å². The van der Waals surface area contributed by atoms with Gasteiger partial charge in [0.15, 0.2) is 11.0 Å². The van der Waals surface area contributed by atoms with E-state index in [-0.39, 0.29) is 5.75 Å². The first-order valence-electron chi connectivity index (χ1n) is 6.02. The molecule has 0 fully saturated rings. The Hall–Kier alpha value is -1.86. The van der Waals surface area contributed by atoms with E-state index in [1.54, 1.807) is 7.11 Å². The van der Waals surface area contributed by atoms with Crippen molar-refractivity contribution in [3.05, 3.63) is 30.3 Å². The van der Waals surface area contributed by atoms with E-state index in [2.05, 4.69) is 10.2 Å². The highest BCUT2D eigenvalue weighted by molar-refractivity contribution is 7.99. The van der Waals surface area contributed by atoms with Crippen molar-refractivity contribution in [1.29, 1.82) is 0 Å². The molecule has 2 rings (SSSR count). The molecule has 0 atom stereocenters. The van der Waals surface area contributed by atoms with E-state index < -0.39 is 5.97 Å². The minimum absolute atomic E-state index is 0.153. The molecule has 1 aromatic heterocycles. The fourth-order valence-electron chi connectivity index (χ4n) is 1.70. The monoisotopic (exact) mass is 292 g/mol. The third kappa shape index (κ3) is 3.58. The molecular weight excluding hydrogens is 278 g/mol. The maximum Gasteiger partial charge on any atom is 0.191 e. The van der Waals surface area contributed by atoms with Gasteiger partial charge in [-0.25, -0.2) is 0 Å². The largest absolute Gasteiger partial charge is 0.549 e. The quantitative estimate of drug-likeness (QED) is 0.689. The molecule has 6 nitrogen and oxygen atoms in total. The van der Waals surface area contributed by atoms with Gasteiger partial charge in [0.2, 0.25) is 0 Å². The van der Waals surface area contributed by atoms with Crippen LogP contribution in [0.5, 0.6) is 0 Å². The minimum Gasteiger partial charge on any atom is -0.549 e. The first-order valence-corrected chi connectivity index (χ1v) is 7.01. The number of aliphatic carboxylic acids is 1. The molecule has 20 heavy (non-hydrogen) atoms. The van der Waals surface area contributed by atoms with Crippen LogP contribution >= 0.6 is 11.8 Å². The molecule has 0 aliphatic heterocycles. The van der Waals surface area contributed by atoms with Crippen LogP contribution in [-0.4, -0.2) is 40.2 Å². The summed E-state index contributed by atoms with van der Waals surface area (Å²) in [5.41, 5.74) is 0.927. The Morgan fingerprint density at radius 1 is 1.35 bits per heavy atom. The smallest absolute Gasteiger partial charge is 0.191 e. The predicted octanol–water partition coefficient (Wildman–Crippen LogP) is 0.433. The van der Waals surface area contributed by atoms with Crippen molar-refractivity contribution in [3.63, 3.8) is 0 Å². The summed E-state index contributed by atoms with van der Waals surface area (Å²) in [5, 5.41) is 19.3. The second kappa shape index (κ2) is 7.06. The van der Waals surface area contributed by atoms with Crippen molar-refractivity contribution in [1.82, 2.24) is 14.8 Å². The summed E-state index contributed by atoms with van der Waals surface area (Å²) in [5.74, 6) is -0.582. The summed E-state index contributed by atoms with van der Waals surface area (Å²) >= 11 is 1.09. The van der Waals surface area contributed by atoms with Crippen LogP contribution in [0.3, 0.4) is 0 Å². The van der Waals surface area contributed by atoms with E-state index in [1.165, 1.54) is 0 Å². The van der Waals surface area contributed by atoms with Crippen LogP contribution in [0, 0.1) is 0 Å². The Labute approximate surface area is 120 Å². The Morgan fingerprint density at radius 3 is 2.75 bits per heavy atom. The molecule has 0 unspecified atom stereocenters. The third-order valence-electron chi connectivity index (χ3n) is 2.59. The van der Waals surface area contributed by atoms with E-state index >= 15 is 0 Å². The number of benzene rings is 1. The maximum atomic E-state index is 10.6. The van der Waals surface area contributed by atoms with Crippen LogP contribution in [0.4, 0.5) is 0 Å². The van der Waals surface area contributed by atoms with Crippen LogP contribution in [0.1, 0.15) is 0 Å². The SMILES string of the molecule is COCCn1c(SCC(=O)[O-])nnc1-c1ccccc1. The molecule has 0 aliphatic carbocycles.